The van der Waals surface area contributed by atoms with E-state index < -0.39 is 10.0 Å². The number of nitrogens with two attached hydrogens (primary N) is 1. The number of anilines is 1. The fourth-order valence-corrected chi connectivity index (χ4v) is 4.47. The maximum Gasteiger partial charge on any atom is 0.241 e. The maximum atomic E-state index is 12.5. The van der Waals surface area contributed by atoms with E-state index in [0.29, 0.717) is 17.0 Å². The zero-order valence-electron chi connectivity index (χ0n) is 11.8. The van der Waals surface area contributed by atoms with Gasteiger partial charge in [-0.1, -0.05) is 24.6 Å². The van der Waals surface area contributed by atoms with Crippen LogP contribution >= 0.6 is 22.9 Å². The van der Waals surface area contributed by atoms with Crippen molar-refractivity contribution >= 4 is 38.6 Å². The second-order valence-corrected chi connectivity index (χ2v) is 7.81. The highest BCUT2D eigenvalue weighted by Gasteiger charge is 2.22. The van der Waals surface area contributed by atoms with E-state index in [1.54, 1.807) is 6.92 Å². The van der Waals surface area contributed by atoms with Gasteiger partial charge in [-0.3, -0.25) is 0 Å². The molecular formula is C14H17ClN2O2S2. The standard InChI is InChI=1S/C14H17ClN2O2S2/c1-3-12(13-5-4-6-20-13)17-21(18,19)10-7-9(2)14(15)11(16)8-10/h4-8,12,17H,3,16H2,1-2H3. The lowest BCUT2D eigenvalue weighted by Crippen LogP contribution is -2.28. The van der Waals surface area contributed by atoms with Gasteiger partial charge in [-0.05, 0) is 42.5 Å². The van der Waals surface area contributed by atoms with E-state index >= 15 is 0 Å². The first kappa shape index (κ1) is 16.3. The van der Waals surface area contributed by atoms with Crippen LogP contribution in [-0.2, 0) is 10.0 Å². The Labute approximate surface area is 134 Å². The number of rotatable bonds is 5. The zero-order valence-corrected chi connectivity index (χ0v) is 14.1. The highest BCUT2D eigenvalue weighted by Crippen LogP contribution is 2.29. The second kappa shape index (κ2) is 6.36. The Hall–Kier alpha value is -1.08. The molecule has 1 aromatic heterocycles. The van der Waals surface area contributed by atoms with Gasteiger partial charge < -0.3 is 5.73 Å². The van der Waals surface area contributed by atoms with E-state index in [0.717, 1.165) is 4.88 Å². The van der Waals surface area contributed by atoms with Gasteiger partial charge in [-0.2, -0.15) is 0 Å². The van der Waals surface area contributed by atoms with Crippen LogP contribution in [0.2, 0.25) is 5.02 Å². The van der Waals surface area contributed by atoms with Gasteiger partial charge in [0.15, 0.2) is 0 Å². The van der Waals surface area contributed by atoms with E-state index in [2.05, 4.69) is 4.72 Å². The molecule has 0 radical (unpaired) electrons. The highest BCUT2D eigenvalue weighted by molar-refractivity contribution is 7.89. The van der Waals surface area contributed by atoms with Gasteiger partial charge in [0.25, 0.3) is 0 Å². The number of halogens is 1. The molecule has 1 unspecified atom stereocenters. The normalized spacial score (nSPS) is 13.3. The highest BCUT2D eigenvalue weighted by atomic mass is 35.5. The fourth-order valence-electron chi connectivity index (χ4n) is 2.01. The minimum atomic E-state index is -3.64. The largest absolute Gasteiger partial charge is 0.397 e. The molecule has 114 valence electrons. The molecular weight excluding hydrogens is 328 g/mol. The molecule has 1 heterocycles. The zero-order chi connectivity index (χ0) is 15.6. The van der Waals surface area contributed by atoms with E-state index in [-0.39, 0.29) is 16.6 Å². The fraction of sp³-hybridized carbons (Fsp3) is 0.286. The summed E-state index contributed by atoms with van der Waals surface area (Å²) in [5.41, 5.74) is 6.66. The average molecular weight is 345 g/mol. The maximum absolute atomic E-state index is 12.5. The Bertz CT molecular complexity index is 704. The summed E-state index contributed by atoms with van der Waals surface area (Å²) in [7, 11) is -3.64. The van der Waals surface area contributed by atoms with Crippen LogP contribution in [0.5, 0.6) is 0 Å². The van der Waals surface area contributed by atoms with Gasteiger partial charge in [0.2, 0.25) is 10.0 Å². The molecule has 0 amide bonds. The van der Waals surface area contributed by atoms with Crippen molar-refractivity contribution in [2.24, 2.45) is 0 Å². The topological polar surface area (TPSA) is 72.2 Å². The molecule has 0 aliphatic carbocycles. The number of hydrogen-bond donors (Lipinski definition) is 2. The minimum absolute atomic E-state index is 0.136. The van der Waals surface area contributed by atoms with Crippen molar-refractivity contribution in [3.05, 3.63) is 45.1 Å². The molecule has 4 nitrogen and oxygen atoms in total. The van der Waals surface area contributed by atoms with Crippen molar-refractivity contribution in [3.8, 4) is 0 Å². The summed E-state index contributed by atoms with van der Waals surface area (Å²) in [6.07, 6.45) is 0.668. The quantitative estimate of drug-likeness (QED) is 0.812. The van der Waals surface area contributed by atoms with Crippen LogP contribution in [0.15, 0.2) is 34.5 Å². The van der Waals surface area contributed by atoms with Crippen molar-refractivity contribution in [1.82, 2.24) is 4.72 Å². The number of hydrogen-bond acceptors (Lipinski definition) is 4. The number of nitrogens with one attached hydrogen (secondary N) is 1. The van der Waals surface area contributed by atoms with Crippen molar-refractivity contribution in [2.45, 2.75) is 31.2 Å². The van der Waals surface area contributed by atoms with Gasteiger partial charge in [0, 0.05) is 4.88 Å². The number of thiophene rings is 1. The SMILES string of the molecule is CCC(NS(=O)(=O)c1cc(C)c(Cl)c(N)c1)c1cccs1. The van der Waals surface area contributed by atoms with Crippen molar-refractivity contribution in [3.63, 3.8) is 0 Å². The smallest absolute Gasteiger partial charge is 0.241 e. The third-order valence-electron chi connectivity index (χ3n) is 3.16. The predicted molar refractivity (Wildman–Crippen MR) is 88.3 cm³/mol. The molecule has 0 aliphatic heterocycles. The summed E-state index contributed by atoms with van der Waals surface area (Å²) in [5.74, 6) is 0. The van der Waals surface area contributed by atoms with E-state index in [4.69, 9.17) is 17.3 Å². The van der Waals surface area contributed by atoms with Gasteiger partial charge in [0.1, 0.15) is 0 Å². The molecule has 0 fully saturated rings. The molecule has 21 heavy (non-hydrogen) atoms. The second-order valence-electron chi connectivity index (χ2n) is 4.74. The summed E-state index contributed by atoms with van der Waals surface area (Å²) in [6, 6.07) is 6.50. The van der Waals surface area contributed by atoms with E-state index in [1.807, 2.05) is 24.4 Å². The molecule has 1 atom stereocenters. The average Bonchev–Trinajstić information content (AvgIpc) is 2.95. The van der Waals surface area contributed by atoms with Crippen LogP contribution in [0, 0.1) is 6.92 Å². The van der Waals surface area contributed by atoms with Gasteiger partial charge in [0.05, 0.1) is 21.6 Å². The third-order valence-corrected chi connectivity index (χ3v) is 6.11. The number of sulfonamides is 1. The number of aryl methyl sites for hydroxylation is 1. The van der Waals surface area contributed by atoms with Crippen molar-refractivity contribution in [2.75, 3.05) is 5.73 Å². The van der Waals surface area contributed by atoms with Crippen LogP contribution in [0.3, 0.4) is 0 Å². The van der Waals surface area contributed by atoms with Crippen LogP contribution < -0.4 is 10.5 Å². The lowest BCUT2D eigenvalue weighted by molar-refractivity contribution is 0.553. The summed E-state index contributed by atoms with van der Waals surface area (Å²) in [6.45, 7) is 3.67. The third kappa shape index (κ3) is 3.58. The molecule has 1 aromatic carbocycles. The molecule has 0 bridgehead atoms. The van der Waals surface area contributed by atoms with Crippen LogP contribution in [0.25, 0.3) is 0 Å². The molecule has 0 spiro atoms. The van der Waals surface area contributed by atoms with E-state index in [9.17, 15) is 8.42 Å². The number of benzene rings is 1. The first-order chi connectivity index (χ1) is 9.85. The molecule has 0 saturated carbocycles. The van der Waals surface area contributed by atoms with Crippen molar-refractivity contribution in [1.29, 1.82) is 0 Å². The summed E-state index contributed by atoms with van der Waals surface area (Å²) < 4.78 is 27.7. The predicted octanol–water partition coefficient (Wildman–Crippen LogP) is 3.72. The molecule has 7 heteroatoms. The summed E-state index contributed by atoms with van der Waals surface area (Å²) in [5, 5.41) is 2.32. The lowest BCUT2D eigenvalue weighted by Gasteiger charge is -2.16. The number of nitrogen functional groups attached to an aromatic ring is 1. The van der Waals surface area contributed by atoms with Crippen molar-refractivity contribution < 1.29 is 8.42 Å². The molecule has 0 saturated heterocycles. The van der Waals surface area contributed by atoms with Crippen LogP contribution in [0.1, 0.15) is 29.8 Å². The monoisotopic (exact) mass is 344 g/mol. The Kier molecular flexibility index (Phi) is 4.93. The first-order valence-corrected chi connectivity index (χ1v) is 9.20. The van der Waals surface area contributed by atoms with Gasteiger partial charge >= 0.3 is 0 Å². The lowest BCUT2D eigenvalue weighted by atomic mass is 10.2. The Morgan fingerprint density at radius 2 is 2.14 bits per heavy atom. The Balaban J connectivity index is 2.34. The molecule has 0 aliphatic rings. The molecule has 2 aromatic rings. The van der Waals surface area contributed by atoms with Crippen LogP contribution in [-0.4, -0.2) is 8.42 Å². The van der Waals surface area contributed by atoms with E-state index in [1.165, 1.54) is 23.5 Å². The Morgan fingerprint density at radius 3 is 2.67 bits per heavy atom. The first-order valence-electron chi connectivity index (χ1n) is 6.46. The molecule has 3 N–H and O–H groups in total. The van der Waals surface area contributed by atoms with Crippen LogP contribution in [0.4, 0.5) is 5.69 Å². The summed E-state index contributed by atoms with van der Waals surface area (Å²) in [4.78, 5) is 1.12. The van der Waals surface area contributed by atoms with Gasteiger partial charge in [-0.15, -0.1) is 11.3 Å². The molecule has 2 rings (SSSR count). The van der Waals surface area contributed by atoms with Gasteiger partial charge in [-0.25, -0.2) is 13.1 Å². The Morgan fingerprint density at radius 1 is 1.43 bits per heavy atom. The minimum Gasteiger partial charge on any atom is -0.397 e. The summed E-state index contributed by atoms with van der Waals surface area (Å²) >= 11 is 7.50.